The van der Waals surface area contributed by atoms with E-state index in [0.29, 0.717) is 19.4 Å². The number of hydrogen-bond donors (Lipinski definition) is 1. The van der Waals surface area contributed by atoms with Gasteiger partial charge in [0.1, 0.15) is 0 Å². The van der Waals surface area contributed by atoms with Crippen LogP contribution in [0.3, 0.4) is 0 Å². The number of carbonyl (C=O) groups is 1. The molecule has 0 radical (unpaired) electrons. The van der Waals surface area contributed by atoms with Crippen LogP contribution in [-0.4, -0.2) is 31.2 Å². The molecule has 1 aliphatic carbocycles. The standard InChI is InChI=1S/C28H33F3N2O3S2/c1-4-38(35,36)23-11-7-20(8-12-23)15-24(34)32-25-16-21-17-33(26(18(2)3)27(21)37-25)14-13-19-5-9-22(10-6-19)28(29,30)31/h7-8,11-12,16,18-19,22,26H,4-6,9-10,15,17H2,1-3H3,(H,32,34)/t19?,22?,26-/m1/s1. The van der Waals surface area contributed by atoms with Crippen molar-refractivity contribution in [2.45, 2.75) is 76.5 Å². The number of nitrogens with one attached hydrogen (secondary N) is 1. The summed E-state index contributed by atoms with van der Waals surface area (Å²) in [6.07, 6.45) is -2.72. The Morgan fingerprint density at radius 1 is 1.16 bits per heavy atom. The molecule has 10 heteroatoms. The lowest BCUT2D eigenvalue weighted by molar-refractivity contribution is -0.183. The first kappa shape index (κ1) is 28.5. The molecule has 1 atom stereocenters. The number of sulfone groups is 1. The first-order valence-corrected chi connectivity index (χ1v) is 15.4. The molecule has 1 aromatic carbocycles. The largest absolute Gasteiger partial charge is 0.391 e. The molecule has 0 spiro atoms. The highest BCUT2D eigenvalue weighted by atomic mass is 32.2. The molecule has 1 aromatic heterocycles. The van der Waals surface area contributed by atoms with E-state index in [2.05, 4.69) is 36.0 Å². The molecular weight excluding hydrogens is 533 g/mol. The van der Waals surface area contributed by atoms with E-state index in [1.54, 1.807) is 19.1 Å². The zero-order chi connectivity index (χ0) is 27.7. The quantitative estimate of drug-likeness (QED) is 0.402. The molecule has 4 rings (SSSR count). The Kier molecular flexibility index (Phi) is 8.48. The summed E-state index contributed by atoms with van der Waals surface area (Å²) in [6, 6.07) is 11.7. The number of alkyl halides is 3. The van der Waals surface area contributed by atoms with Crippen LogP contribution in [0.1, 0.15) is 68.5 Å². The molecule has 1 amide bonds. The normalized spacial score (nSPS) is 21.7. The minimum atomic E-state index is -4.11. The van der Waals surface area contributed by atoms with Gasteiger partial charge in [-0.15, -0.1) is 11.3 Å². The fourth-order valence-electron chi connectivity index (χ4n) is 5.16. The van der Waals surface area contributed by atoms with Gasteiger partial charge in [0.25, 0.3) is 0 Å². The van der Waals surface area contributed by atoms with Crippen LogP contribution in [-0.2, 0) is 27.6 Å². The molecule has 1 N–H and O–H groups in total. The molecule has 1 fully saturated rings. The van der Waals surface area contributed by atoms with Gasteiger partial charge in [-0.25, -0.2) is 8.42 Å². The van der Waals surface area contributed by atoms with Gasteiger partial charge in [0.05, 0.1) is 40.6 Å². The van der Waals surface area contributed by atoms with Gasteiger partial charge < -0.3 is 10.2 Å². The highest BCUT2D eigenvalue weighted by molar-refractivity contribution is 7.91. The van der Waals surface area contributed by atoms with Crippen molar-refractivity contribution < 1.29 is 26.4 Å². The summed E-state index contributed by atoms with van der Waals surface area (Å²) in [5, 5.41) is 3.72. The second kappa shape index (κ2) is 11.3. The van der Waals surface area contributed by atoms with Gasteiger partial charge in [-0.1, -0.05) is 38.8 Å². The lowest BCUT2D eigenvalue weighted by Gasteiger charge is -2.28. The monoisotopic (exact) mass is 566 g/mol. The van der Waals surface area contributed by atoms with E-state index < -0.39 is 21.9 Å². The van der Waals surface area contributed by atoms with Crippen LogP contribution >= 0.6 is 11.3 Å². The molecule has 5 nitrogen and oxygen atoms in total. The fraction of sp³-hybridized carbons (Fsp3) is 0.536. The first-order valence-electron chi connectivity index (χ1n) is 13.0. The van der Waals surface area contributed by atoms with Crippen molar-refractivity contribution in [3.05, 3.63) is 46.3 Å². The maximum Gasteiger partial charge on any atom is 0.391 e. The van der Waals surface area contributed by atoms with E-state index in [4.69, 9.17) is 0 Å². The smallest absolute Gasteiger partial charge is 0.320 e. The first-order chi connectivity index (χ1) is 17.9. The molecule has 0 saturated heterocycles. The average molecular weight is 567 g/mol. The molecule has 1 aliphatic heterocycles. The molecular formula is C28H33F3N2O3S2. The summed E-state index contributed by atoms with van der Waals surface area (Å²) in [7, 11) is -3.28. The van der Waals surface area contributed by atoms with Crippen LogP contribution in [0.25, 0.3) is 0 Å². The number of hydrogen-bond acceptors (Lipinski definition) is 5. The maximum atomic E-state index is 13.0. The Morgan fingerprint density at radius 3 is 2.39 bits per heavy atom. The van der Waals surface area contributed by atoms with Crippen LogP contribution in [0.15, 0.2) is 35.2 Å². The molecule has 1 saturated carbocycles. The third-order valence-electron chi connectivity index (χ3n) is 7.31. The Balaban J connectivity index is 1.37. The third-order valence-corrected chi connectivity index (χ3v) is 10.2. The highest BCUT2D eigenvalue weighted by Crippen LogP contribution is 2.45. The molecule has 2 aliphatic rings. The van der Waals surface area contributed by atoms with Crippen molar-refractivity contribution in [3.63, 3.8) is 0 Å². The van der Waals surface area contributed by atoms with Crippen molar-refractivity contribution in [2.75, 3.05) is 11.1 Å². The van der Waals surface area contributed by atoms with Gasteiger partial charge in [-0.2, -0.15) is 13.2 Å². The molecule has 206 valence electrons. The number of benzene rings is 1. The lowest BCUT2D eigenvalue weighted by Crippen LogP contribution is -2.27. The average Bonchev–Trinajstić information content (AvgIpc) is 3.39. The zero-order valence-corrected chi connectivity index (χ0v) is 23.4. The number of anilines is 1. The summed E-state index contributed by atoms with van der Waals surface area (Å²) >= 11 is 1.53. The minimum Gasteiger partial charge on any atom is -0.320 e. The Hall–Kier alpha value is -2.51. The fourth-order valence-corrected chi connectivity index (χ4v) is 7.42. The predicted octanol–water partition coefficient (Wildman–Crippen LogP) is 6.57. The van der Waals surface area contributed by atoms with E-state index in [1.807, 2.05) is 6.07 Å². The SMILES string of the molecule is CCS(=O)(=O)c1ccc(CC(=O)Nc2cc3c(s2)[C@@H](C(C)C)N(C#CC2CCC(C(F)(F)F)CC2)C3)cc1. The number of rotatable bonds is 6. The summed E-state index contributed by atoms with van der Waals surface area (Å²) in [6.45, 7) is 6.44. The Bertz CT molecular complexity index is 1310. The van der Waals surface area contributed by atoms with Crippen molar-refractivity contribution in [3.8, 4) is 12.0 Å². The van der Waals surface area contributed by atoms with E-state index >= 15 is 0 Å². The maximum absolute atomic E-state index is 13.0. The van der Waals surface area contributed by atoms with Gasteiger partial charge >= 0.3 is 6.18 Å². The number of nitrogens with zero attached hydrogens (tertiary/aromatic N) is 1. The van der Waals surface area contributed by atoms with Gasteiger partial charge in [0.15, 0.2) is 9.84 Å². The molecule has 2 heterocycles. The van der Waals surface area contributed by atoms with Crippen LogP contribution in [0.5, 0.6) is 0 Å². The number of halogens is 3. The number of thiophene rings is 1. The van der Waals surface area contributed by atoms with Gasteiger partial charge in [-0.05, 0) is 60.9 Å². The molecule has 38 heavy (non-hydrogen) atoms. The highest BCUT2D eigenvalue weighted by Gasteiger charge is 2.41. The lowest BCUT2D eigenvalue weighted by atomic mass is 9.82. The summed E-state index contributed by atoms with van der Waals surface area (Å²) in [5.41, 5.74) is 1.83. The van der Waals surface area contributed by atoms with E-state index in [0.717, 1.165) is 21.0 Å². The molecule has 2 aromatic rings. The number of fused-ring (bicyclic) bond motifs is 1. The summed E-state index contributed by atoms with van der Waals surface area (Å²) in [5.74, 6) is 2.15. The second-order valence-electron chi connectivity index (χ2n) is 10.4. The molecule has 0 bridgehead atoms. The summed E-state index contributed by atoms with van der Waals surface area (Å²) in [4.78, 5) is 16.1. The number of carbonyl (C=O) groups excluding carboxylic acids is 1. The molecule has 0 unspecified atom stereocenters. The van der Waals surface area contributed by atoms with Crippen molar-refractivity contribution >= 4 is 32.1 Å². The topological polar surface area (TPSA) is 66.5 Å². The summed E-state index contributed by atoms with van der Waals surface area (Å²) < 4.78 is 62.8. The minimum absolute atomic E-state index is 0.00829. The van der Waals surface area contributed by atoms with Crippen molar-refractivity contribution in [1.82, 2.24) is 4.90 Å². The van der Waals surface area contributed by atoms with Gasteiger partial charge in [0, 0.05) is 16.8 Å². The van der Waals surface area contributed by atoms with Gasteiger partial charge in [-0.3, -0.25) is 4.79 Å². The van der Waals surface area contributed by atoms with E-state index in [9.17, 15) is 26.4 Å². The van der Waals surface area contributed by atoms with Crippen LogP contribution in [0.2, 0.25) is 0 Å². The van der Waals surface area contributed by atoms with Crippen LogP contribution < -0.4 is 5.32 Å². The number of amides is 1. The van der Waals surface area contributed by atoms with E-state index in [1.165, 1.54) is 23.5 Å². The van der Waals surface area contributed by atoms with Crippen molar-refractivity contribution in [1.29, 1.82) is 0 Å². The second-order valence-corrected chi connectivity index (χ2v) is 13.8. The zero-order valence-electron chi connectivity index (χ0n) is 21.8. The Labute approximate surface area is 226 Å². The Morgan fingerprint density at radius 2 is 1.82 bits per heavy atom. The van der Waals surface area contributed by atoms with Gasteiger partial charge in [0.2, 0.25) is 5.91 Å². The van der Waals surface area contributed by atoms with Crippen LogP contribution in [0, 0.1) is 29.7 Å². The van der Waals surface area contributed by atoms with Crippen molar-refractivity contribution in [2.24, 2.45) is 17.8 Å². The predicted molar refractivity (Wildman–Crippen MR) is 143 cm³/mol. The van der Waals surface area contributed by atoms with E-state index in [-0.39, 0.29) is 53.7 Å². The van der Waals surface area contributed by atoms with Crippen LogP contribution in [0.4, 0.5) is 18.2 Å². The third kappa shape index (κ3) is 6.55.